The van der Waals surface area contributed by atoms with Crippen molar-refractivity contribution in [1.82, 2.24) is 9.97 Å². The van der Waals surface area contributed by atoms with Crippen molar-refractivity contribution in [3.05, 3.63) is 115 Å². The largest absolute Gasteiger partial charge is 0.439 e. The number of pyridine rings is 2. The Kier molecular flexibility index (Phi) is 5.13. The number of fused-ring (bicyclic) bond motifs is 3. The minimum absolute atomic E-state index is 0.607. The molecule has 3 aromatic heterocycles. The van der Waals surface area contributed by atoms with Crippen LogP contribution in [0.3, 0.4) is 0 Å². The molecule has 0 fully saturated rings. The fraction of sp³-hybridized carbons (Fsp3) is 0.0667. The maximum atomic E-state index is 6.05. The quantitative estimate of drug-likeness (QED) is 0.265. The lowest BCUT2D eigenvalue weighted by Gasteiger charge is -2.09. The average molecular weight is 459 g/mol. The highest BCUT2D eigenvalue weighted by atomic mass is 31.1. The lowest BCUT2D eigenvalue weighted by Crippen LogP contribution is -1.88. The normalized spacial score (nSPS) is 11.8. The van der Waals surface area contributed by atoms with E-state index in [2.05, 4.69) is 84.7 Å². The van der Waals surface area contributed by atoms with Crippen molar-refractivity contribution in [3.63, 3.8) is 0 Å². The van der Waals surface area contributed by atoms with Crippen molar-refractivity contribution >= 4 is 28.5 Å². The van der Waals surface area contributed by atoms with Crippen molar-refractivity contribution in [2.24, 2.45) is 0 Å². The number of ether oxygens (including phenoxy) is 1. The Balaban J connectivity index is 1.49. The molecule has 4 heteroatoms. The zero-order valence-corrected chi connectivity index (χ0v) is 20.0. The SMILES string of the molecule is Cc1ccnc(Oc2cccc(-c3ccc4c5ccccc5p(-c5cccc(C)n5)c4c3)c2)c1. The zero-order chi connectivity index (χ0) is 23.1. The van der Waals surface area contributed by atoms with Gasteiger partial charge >= 0.3 is 0 Å². The number of nitrogens with zero attached hydrogens (tertiary/aromatic N) is 2. The number of hydrogen-bond acceptors (Lipinski definition) is 3. The molecule has 0 spiro atoms. The third-order valence-electron chi connectivity index (χ3n) is 6.06. The average Bonchev–Trinajstić information content (AvgIpc) is 3.18. The van der Waals surface area contributed by atoms with Crippen LogP contribution in [0.5, 0.6) is 11.6 Å². The molecule has 0 aliphatic heterocycles. The number of hydrogen-bond donors (Lipinski definition) is 0. The van der Waals surface area contributed by atoms with Gasteiger partial charge in [-0.3, -0.25) is 0 Å². The third-order valence-corrected chi connectivity index (χ3v) is 8.49. The molecule has 3 nitrogen and oxygen atoms in total. The molecular formula is C30H23N2OP. The summed E-state index contributed by atoms with van der Waals surface area (Å²) in [5.74, 6) is 1.39. The fourth-order valence-corrected chi connectivity index (χ4v) is 7.10. The molecule has 0 aliphatic carbocycles. The summed E-state index contributed by atoms with van der Waals surface area (Å²) in [6.45, 7) is 4.10. The molecule has 0 aliphatic rings. The summed E-state index contributed by atoms with van der Waals surface area (Å²) in [4.78, 5) is 9.26. The van der Waals surface area contributed by atoms with Crippen LogP contribution in [0.15, 0.2) is 103 Å². The first-order chi connectivity index (χ1) is 16.7. The predicted octanol–water partition coefficient (Wildman–Crippen LogP) is 8.83. The number of rotatable bonds is 4. The molecule has 0 saturated carbocycles. The van der Waals surface area contributed by atoms with E-state index in [0.717, 1.165) is 28.0 Å². The van der Waals surface area contributed by atoms with Gasteiger partial charge in [0.25, 0.3) is 0 Å². The molecule has 0 radical (unpaired) electrons. The lowest BCUT2D eigenvalue weighted by molar-refractivity contribution is 0.462. The molecule has 1 unspecified atom stereocenters. The summed E-state index contributed by atoms with van der Waals surface area (Å²) in [6, 6.07) is 34.0. The molecule has 0 saturated heterocycles. The van der Waals surface area contributed by atoms with Crippen molar-refractivity contribution < 1.29 is 4.74 Å². The second-order valence-electron chi connectivity index (χ2n) is 8.52. The number of aromatic nitrogens is 2. The van der Waals surface area contributed by atoms with E-state index in [1.54, 1.807) is 6.20 Å². The molecule has 6 aromatic rings. The Hall–Kier alpha value is -3.94. The van der Waals surface area contributed by atoms with Crippen molar-refractivity contribution in [3.8, 4) is 28.2 Å². The fourth-order valence-electron chi connectivity index (χ4n) is 4.47. The van der Waals surface area contributed by atoms with E-state index in [-0.39, 0.29) is 0 Å². The van der Waals surface area contributed by atoms with Gasteiger partial charge < -0.3 is 4.74 Å². The van der Waals surface area contributed by atoms with Gasteiger partial charge in [-0.25, -0.2) is 9.97 Å². The first-order valence-electron chi connectivity index (χ1n) is 11.3. The molecular weight excluding hydrogens is 435 g/mol. The minimum Gasteiger partial charge on any atom is -0.439 e. The summed E-state index contributed by atoms with van der Waals surface area (Å²) in [6.07, 6.45) is 1.77. The smallest absolute Gasteiger partial charge is 0.219 e. The van der Waals surface area contributed by atoms with E-state index in [1.165, 1.54) is 26.6 Å². The van der Waals surface area contributed by atoms with Gasteiger partial charge in [-0.05, 0) is 83.8 Å². The Morgan fingerprint density at radius 3 is 2.38 bits per heavy atom. The Labute approximate surface area is 199 Å². The van der Waals surface area contributed by atoms with E-state index < -0.39 is 7.53 Å². The second-order valence-corrected chi connectivity index (χ2v) is 10.6. The van der Waals surface area contributed by atoms with Crippen LogP contribution < -0.4 is 4.74 Å². The van der Waals surface area contributed by atoms with Crippen LogP contribution in [0.1, 0.15) is 11.3 Å². The van der Waals surface area contributed by atoms with E-state index in [9.17, 15) is 0 Å². The van der Waals surface area contributed by atoms with Gasteiger partial charge in [0.1, 0.15) is 5.75 Å². The highest BCUT2D eigenvalue weighted by Gasteiger charge is 2.15. The first-order valence-corrected chi connectivity index (χ1v) is 12.7. The molecule has 164 valence electrons. The summed E-state index contributed by atoms with van der Waals surface area (Å²) in [5.41, 5.74) is 5.63. The molecule has 1 atom stereocenters. The predicted molar refractivity (Wildman–Crippen MR) is 143 cm³/mol. The summed E-state index contributed by atoms with van der Waals surface area (Å²) >= 11 is 0. The van der Waals surface area contributed by atoms with Gasteiger partial charge in [-0.15, -0.1) is 0 Å². The number of benzene rings is 3. The topological polar surface area (TPSA) is 35.0 Å². The molecule has 0 amide bonds. The molecule has 0 bridgehead atoms. The van der Waals surface area contributed by atoms with E-state index >= 15 is 0 Å². The Morgan fingerprint density at radius 1 is 0.676 bits per heavy atom. The zero-order valence-electron chi connectivity index (χ0n) is 19.1. The van der Waals surface area contributed by atoms with Crippen LogP contribution in [0.25, 0.3) is 37.6 Å². The van der Waals surface area contributed by atoms with Crippen molar-refractivity contribution in [2.75, 3.05) is 0 Å². The monoisotopic (exact) mass is 458 g/mol. The first kappa shape index (κ1) is 20.7. The van der Waals surface area contributed by atoms with Gasteiger partial charge in [-0.1, -0.05) is 56.1 Å². The summed E-state index contributed by atoms with van der Waals surface area (Å²) < 4.78 is 6.05. The van der Waals surface area contributed by atoms with Gasteiger partial charge in [0.15, 0.2) is 0 Å². The third kappa shape index (κ3) is 3.75. The van der Waals surface area contributed by atoms with Crippen LogP contribution in [-0.4, -0.2) is 9.97 Å². The molecule has 3 heterocycles. The van der Waals surface area contributed by atoms with Crippen LogP contribution in [-0.2, 0) is 0 Å². The highest BCUT2D eigenvalue weighted by Crippen LogP contribution is 2.54. The van der Waals surface area contributed by atoms with E-state index in [0.29, 0.717) is 5.88 Å². The van der Waals surface area contributed by atoms with Crippen molar-refractivity contribution in [1.29, 1.82) is 0 Å². The maximum Gasteiger partial charge on any atom is 0.219 e. The van der Waals surface area contributed by atoms with Crippen LogP contribution in [0.2, 0.25) is 0 Å². The van der Waals surface area contributed by atoms with E-state index in [4.69, 9.17) is 9.72 Å². The van der Waals surface area contributed by atoms with Gasteiger partial charge in [0, 0.05) is 28.2 Å². The summed E-state index contributed by atoms with van der Waals surface area (Å²) in [7, 11) is -0.698. The standard InChI is InChI=1S/C30H23N2OP/c1-20-15-16-31-29(17-20)33-24-9-6-8-22(18-24)23-13-14-26-25-10-3-4-11-27(25)34(28(26)19-23)30-12-5-7-21(2)32-30/h3-19H,1-2H3. The molecule has 34 heavy (non-hydrogen) atoms. The van der Waals surface area contributed by atoms with E-state index in [1.807, 2.05) is 31.2 Å². The summed E-state index contributed by atoms with van der Waals surface area (Å²) in [5, 5.41) is 5.37. The van der Waals surface area contributed by atoms with Crippen LogP contribution in [0.4, 0.5) is 0 Å². The molecule has 0 N–H and O–H groups in total. The lowest BCUT2D eigenvalue weighted by atomic mass is 10.0. The molecule has 6 rings (SSSR count). The van der Waals surface area contributed by atoms with Crippen LogP contribution >= 0.6 is 7.53 Å². The maximum absolute atomic E-state index is 6.05. The van der Waals surface area contributed by atoms with Crippen molar-refractivity contribution in [2.45, 2.75) is 13.8 Å². The minimum atomic E-state index is -0.698. The molecule has 3 aromatic carbocycles. The Bertz CT molecular complexity index is 1670. The number of aryl methyl sites for hydroxylation is 2. The van der Waals surface area contributed by atoms with Gasteiger partial charge in [-0.2, -0.15) is 0 Å². The highest BCUT2D eigenvalue weighted by molar-refractivity contribution is 7.67. The van der Waals surface area contributed by atoms with Gasteiger partial charge in [0.05, 0.1) is 5.44 Å². The van der Waals surface area contributed by atoms with Crippen LogP contribution in [0, 0.1) is 13.8 Å². The van der Waals surface area contributed by atoms with Gasteiger partial charge in [0.2, 0.25) is 5.88 Å². The Morgan fingerprint density at radius 2 is 1.50 bits per heavy atom. The second kappa shape index (κ2) is 8.44.